The van der Waals surface area contributed by atoms with Crippen molar-refractivity contribution in [2.24, 2.45) is 17.8 Å². The van der Waals surface area contributed by atoms with Gasteiger partial charge in [0.05, 0.1) is 5.02 Å². The van der Waals surface area contributed by atoms with Gasteiger partial charge in [-0.2, -0.15) is 0 Å². The van der Waals surface area contributed by atoms with E-state index in [0.29, 0.717) is 23.2 Å². The van der Waals surface area contributed by atoms with Crippen LogP contribution in [0.25, 0.3) is 11.4 Å². The van der Waals surface area contributed by atoms with Crippen LogP contribution in [0.15, 0.2) is 54.9 Å². The van der Waals surface area contributed by atoms with Gasteiger partial charge in [0.15, 0.2) is 5.82 Å². The number of allylic oxidation sites excluding steroid dienone is 4. The van der Waals surface area contributed by atoms with Gasteiger partial charge in [0.2, 0.25) is 0 Å². The minimum Gasteiger partial charge on any atom is -0.236 e. The molecule has 164 valence electrons. The van der Waals surface area contributed by atoms with Crippen molar-refractivity contribution in [3.8, 4) is 11.4 Å². The van der Waals surface area contributed by atoms with Gasteiger partial charge in [-0.25, -0.2) is 14.4 Å². The van der Waals surface area contributed by atoms with E-state index in [0.717, 1.165) is 11.8 Å². The van der Waals surface area contributed by atoms with Crippen molar-refractivity contribution in [1.82, 2.24) is 9.97 Å². The third-order valence-corrected chi connectivity index (χ3v) is 7.34. The van der Waals surface area contributed by atoms with E-state index in [-0.39, 0.29) is 5.02 Å². The lowest BCUT2D eigenvalue weighted by atomic mass is 9.77. The van der Waals surface area contributed by atoms with E-state index in [2.05, 4.69) is 41.2 Å². The minimum atomic E-state index is -0.441. The van der Waals surface area contributed by atoms with Gasteiger partial charge < -0.3 is 0 Å². The second-order valence-electron chi connectivity index (χ2n) is 9.17. The van der Waals surface area contributed by atoms with Crippen LogP contribution in [0, 0.1) is 23.6 Å². The van der Waals surface area contributed by atoms with Crippen LogP contribution < -0.4 is 0 Å². The first-order valence-electron chi connectivity index (χ1n) is 11.7. The molecule has 0 atom stereocenters. The average Bonchev–Trinajstić information content (AvgIpc) is 2.81. The van der Waals surface area contributed by atoms with Gasteiger partial charge in [-0.15, -0.1) is 0 Å². The molecule has 2 saturated carbocycles. The predicted octanol–water partition coefficient (Wildman–Crippen LogP) is 8.15. The van der Waals surface area contributed by atoms with Crippen LogP contribution >= 0.6 is 11.6 Å². The fraction of sp³-hybridized carbons (Fsp3) is 0.481. The lowest BCUT2D eigenvalue weighted by Crippen LogP contribution is -2.14. The highest BCUT2D eigenvalue weighted by molar-refractivity contribution is 6.30. The lowest BCUT2D eigenvalue weighted by Gasteiger charge is -2.28. The summed E-state index contributed by atoms with van der Waals surface area (Å²) in [4.78, 5) is 8.98. The molecule has 2 aromatic rings. The van der Waals surface area contributed by atoms with Gasteiger partial charge in [0.25, 0.3) is 0 Å². The average molecular weight is 439 g/mol. The second-order valence-corrected chi connectivity index (χ2v) is 9.57. The van der Waals surface area contributed by atoms with Gasteiger partial charge >= 0.3 is 0 Å². The van der Waals surface area contributed by atoms with Crippen LogP contribution in [0.2, 0.25) is 5.02 Å². The summed E-state index contributed by atoms with van der Waals surface area (Å²) in [6, 6.07) is 4.69. The first kappa shape index (κ1) is 22.2. The van der Waals surface area contributed by atoms with Crippen molar-refractivity contribution >= 4 is 11.6 Å². The monoisotopic (exact) mass is 438 g/mol. The Morgan fingerprint density at radius 3 is 1.94 bits per heavy atom. The molecule has 4 rings (SSSR count). The largest absolute Gasteiger partial charge is 0.236 e. The molecule has 2 aliphatic rings. The van der Waals surface area contributed by atoms with Crippen molar-refractivity contribution in [2.45, 2.75) is 64.2 Å². The molecule has 2 nitrogen and oxygen atoms in total. The van der Waals surface area contributed by atoms with Crippen LogP contribution in [-0.2, 0) is 0 Å². The molecule has 0 aliphatic heterocycles. The van der Waals surface area contributed by atoms with Gasteiger partial charge in [-0.05, 0) is 106 Å². The molecule has 0 N–H and O–H groups in total. The fourth-order valence-electron chi connectivity index (χ4n) is 5.09. The standard InChI is InChI=1S/C27H32ClFN2/c1-2-3-19-4-6-20(7-5-19)8-9-21-10-12-22(13-11-21)24-17-30-27(31-18-24)23-14-15-25(28)26(29)16-23/h2-3,8-9,14-22H,4-7,10-13H2,1H3/b3-2?,9-8+. The molecule has 2 fully saturated rings. The number of benzene rings is 1. The number of nitrogens with zero attached hydrogens (tertiary/aromatic N) is 2. The van der Waals surface area contributed by atoms with Gasteiger partial charge in [0.1, 0.15) is 5.82 Å². The summed E-state index contributed by atoms with van der Waals surface area (Å²) in [6.07, 6.45) is 23.6. The van der Waals surface area contributed by atoms with E-state index < -0.39 is 5.82 Å². The molecule has 0 spiro atoms. The van der Waals surface area contributed by atoms with Crippen LogP contribution in [0.1, 0.15) is 69.8 Å². The molecule has 0 saturated heterocycles. The first-order chi connectivity index (χ1) is 15.1. The highest BCUT2D eigenvalue weighted by Gasteiger charge is 2.23. The fourth-order valence-corrected chi connectivity index (χ4v) is 5.21. The molecule has 1 heterocycles. The molecular formula is C27H32ClFN2. The van der Waals surface area contributed by atoms with Crippen molar-refractivity contribution in [3.05, 3.63) is 71.3 Å². The Labute approximate surface area is 190 Å². The summed E-state index contributed by atoms with van der Waals surface area (Å²) < 4.78 is 13.7. The zero-order chi connectivity index (χ0) is 21.6. The maximum Gasteiger partial charge on any atom is 0.159 e. The third-order valence-electron chi connectivity index (χ3n) is 7.03. The minimum absolute atomic E-state index is 0.118. The maximum absolute atomic E-state index is 13.7. The summed E-state index contributed by atoms with van der Waals surface area (Å²) >= 11 is 5.77. The SMILES string of the molecule is CC=CC1CCC(/C=C/C2CCC(c3cnc(-c4ccc(Cl)c(F)c4)nc3)CC2)CC1. The summed E-state index contributed by atoms with van der Waals surface area (Å²) in [5.74, 6) is 2.91. The molecule has 1 aromatic heterocycles. The van der Waals surface area contributed by atoms with E-state index in [9.17, 15) is 4.39 Å². The lowest BCUT2D eigenvalue weighted by molar-refractivity contribution is 0.348. The van der Waals surface area contributed by atoms with Gasteiger partial charge in [-0.1, -0.05) is 35.9 Å². The van der Waals surface area contributed by atoms with Crippen LogP contribution in [0.5, 0.6) is 0 Å². The summed E-state index contributed by atoms with van der Waals surface area (Å²) in [6.45, 7) is 2.13. The predicted molar refractivity (Wildman–Crippen MR) is 127 cm³/mol. The topological polar surface area (TPSA) is 25.8 Å². The second kappa shape index (κ2) is 10.5. The highest BCUT2D eigenvalue weighted by atomic mass is 35.5. The Morgan fingerprint density at radius 1 is 0.839 bits per heavy atom. The maximum atomic E-state index is 13.7. The molecule has 1 aromatic carbocycles. The van der Waals surface area contributed by atoms with E-state index >= 15 is 0 Å². The van der Waals surface area contributed by atoms with Gasteiger partial charge in [0, 0.05) is 18.0 Å². The van der Waals surface area contributed by atoms with E-state index in [1.807, 2.05) is 12.4 Å². The highest BCUT2D eigenvalue weighted by Crippen LogP contribution is 2.37. The Hall–Kier alpha value is -2.00. The molecule has 31 heavy (non-hydrogen) atoms. The first-order valence-corrected chi connectivity index (χ1v) is 12.1. The number of halogens is 2. The van der Waals surface area contributed by atoms with Crippen molar-refractivity contribution in [1.29, 1.82) is 0 Å². The van der Waals surface area contributed by atoms with Crippen LogP contribution in [0.4, 0.5) is 4.39 Å². The van der Waals surface area contributed by atoms with Crippen molar-refractivity contribution in [3.63, 3.8) is 0 Å². The Morgan fingerprint density at radius 2 is 1.39 bits per heavy atom. The number of aromatic nitrogens is 2. The zero-order valence-corrected chi connectivity index (χ0v) is 19.1. The normalized spacial score (nSPS) is 27.2. The molecule has 4 heteroatoms. The number of hydrogen-bond acceptors (Lipinski definition) is 2. The number of rotatable bonds is 5. The van der Waals surface area contributed by atoms with E-state index in [1.54, 1.807) is 12.1 Å². The Bertz CT molecular complexity index is 905. The Kier molecular flexibility index (Phi) is 7.55. The Balaban J connectivity index is 1.27. The molecule has 0 radical (unpaired) electrons. The van der Waals surface area contributed by atoms with E-state index in [1.165, 1.54) is 63.0 Å². The van der Waals surface area contributed by atoms with Crippen molar-refractivity contribution in [2.75, 3.05) is 0 Å². The summed E-state index contributed by atoms with van der Waals surface area (Å²) in [7, 11) is 0. The summed E-state index contributed by atoms with van der Waals surface area (Å²) in [5, 5.41) is 0.118. The molecule has 2 aliphatic carbocycles. The molecule has 0 unspecified atom stereocenters. The molecular weight excluding hydrogens is 407 g/mol. The van der Waals surface area contributed by atoms with Crippen LogP contribution in [0.3, 0.4) is 0 Å². The summed E-state index contributed by atoms with van der Waals surface area (Å²) in [5.41, 5.74) is 1.85. The quantitative estimate of drug-likeness (QED) is 0.440. The van der Waals surface area contributed by atoms with E-state index in [4.69, 9.17) is 11.6 Å². The third kappa shape index (κ3) is 5.83. The zero-order valence-electron chi connectivity index (χ0n) is 18.3. The smallest absolute Gasteiger partial charge is 0.159 e. The molecule has 0 amide bonds. The van der Waals surface area contributed by atoms with Crippen molar-refractivity contribution < 1.29 is 4.39 Å². The number of hydrogen-bond donors (Lipinski definition) is 0. The molecule has 0 bridgehead atoms. The van der Waals surface area contributed by atoms with Gasteiger partial charge in [-0.3, -0.25) is 0 Å². The van der Waals surface area contributed by atoms with Crippen LogP contribution in [-0.4, -0.2) is 9.97 Å².